The standard InChI is InChI=1S/C31H19Cl3N4O6/c1-42-26-7-4-8-27-22(26)14-28(44-27)30-36-24-6-3-2-5-21(24)31(39)37(30)35-15-18-11-20(33)13-25(38(40)41)29(18)43-16-17-9-10-19(32)12-23(17)34/h2-15H,16H2,1H3. The molecule has 6 aromatic rings. The molecule has 0 bridgehead atoms. The highest BCUT2D eigenvalue weighted by Crippen LogP contribution is 2.36. The van der Waals surface area contributed by atoms with E-state index in [2.05, 4.69) is 10.1 Å². The Morgan fingerprint density at radius 2 is 1.82 bits per heavy atom. The number of fused-ring (bicyclic) bond motifs is 2. The SMILES string of the molecule is COc1cccc2oc(-c3nc4ccccc4c(=O)n3N=Cc3cc(Cl)cc([N+](=O)[O-])c3OCc3ccc(Cl)cc3Cl)cc12. The molecule has 6 rings (SSSR count). The number of benzene rings is 4. The molecule has 0 spiro atoms. The maximum absolute atomic E-state index is 13.7. The average Bonchev–Trinajstić information content (AvgIpc) is 3.45. The molecule has 0 aliphatic carbocycles. The third-order valence-corrected chi connectivity index (χ3v) is 7.48. The van der Waals surface area contributed by atoms with E-state index >= 15 is 0 Å². The summed E-state index contributed by atoms with van der Waals surface area (Å²) in [6.45, 7) is -0.122. The van der Waals surface area contributed by atoms with Crippen molar-refractivity contribution in [2.24, 2.45) is 5.10 Å². The fourth-order valence-corrected chi connectivity index (χ4v) is 5.29. The normalized spacial score (nSPS) is 11.5. The molecule has 2 heterocycles. The van der Waals surface area contributed by atoms with Crippen LogP contribution in [0.4, 0.5) is 5.69 Å². The smallest absolute Gasteiger partial charge is 0.313 e. The molecule has 0 amide bonds. The van der Waals surface area contributed by atoms with E-state index in [1.165, 1.54) is 18.3 Å². The van der Waals surface area contributed by atoms with E-state index in [9.17, 15) is 14.9 Å². The molecule has 44 heavy (non-hydrogen) atoms. The predicted molar refractivity (Wildman–Crippen MR) is 170 cm³/mol. The molecular formula is C31H19Cl3N4O6. The number of ether oxygens (including phenoxy) is 2. The lowest BCUT2D eigenvalue weighted by Gasteiger charge is -2.12. The Morgan fingerprint density at radius 1 is 1.00 bits per heavy atom. The van der Waals surface area contributed by atoms with Crippen molar-refractivity contribution < 1.29 is 18.8 Å². The van der Waals surface area contributed by atoms with Crippen molar-refractivity contribution in [3.63, 3.8) is 0 Å². The Morgan fingerprint density at radius 3 is 2.59 bits per heavy atom. The topological polar surface area (TPSA) is 122 Å². The first-order chi connectivity index (χ1) is 21.2. The number of aromatic nitrogens is 2. The first-order valence-electron chi connectivity index (χ1n) is 12.9. The predicted octanol–water partition coefficient (Wildman–Crippen LogP) is 8.15. The Balaban J connectivity index is 1.50. The van der Waals surface area contributed by atoms with E-state index in [4.69, 9.17) is 48.7 Å². The van der Waals surface area contributed by atoms with Crippen LogP contribution in [0.1, 0.15) is 11.1 Å². The Hall–Kier alpha value is -4.90. The zero-order valence-corrected chi connectivity index (χ0v) is 24.9. The fraction of sp³-hybridized carbons (Fsp3) is 0.0645. The number of nitro benzene ring substituents is 1. The summed E-state index contributed by atoms with van der Waals surface area (Å²) in [6.07, 6.45) is 1.24. The highest BCUT2D eigenvalue weighted by atomic mass is 35.5. The number of rotatable bonds is 8. The van der Waals surface area contributed by atoms with E-state index in [1.807, 2.05) is 0 Å². The van der Waals surface area contributed by atoms with Gasteiger partial charge in [-0.2, -0.15) is 9.78 Å². The van der Waals surface area contributed by atoms with Crippen LogP contribution in [-0.4, -0.2) is 27.9 Å². The van der Waals surface area contributed by atoms with Crippen LogP contribution in [0.25, 0.3) is 33.5 Å². The van der Waals surface area contributed by atoms with Crippen LogP contribution in [0.2, 0.25) is 15.1 Å². The van der Waals surface area contributed by atoms with Gasteiger partial charge in [0.05, 0.1) is 34.5 Å². The van der Waals surface area contributed by atoms with Gasteiger partial charge in [0.15, 0.2) is 5.76 Å². The van der Waals surface area contributed by atoms with Gasteiger partial charge in [-0.25, -0.2) is 4.98 Å². The minimum atomic E-state index is -0.626. The van der Waals surface area contributed by atoms with Crippen molar-refractivity contribution in [2.45, 2.75) is 6.61 Å². The highest BCUT2D eigenvalue weighted by molar-refractivity contribution is 6.35. The summed E-state index contributed by atoms with van der Waals surface area (Å²) in [5, 5.41) is 18.2. The van der Waals surface area contributed by atoms with Crippen LogP contribution in [0, 0.1) is 10.1 Å². The van der Waals surface area contributed by atoms with Crippen molar-refractivity contribution in [3.05, 3.63) is 126 Å². The molecule has 0 saturated carbocycles. The lowest BCUT2D eigenvalue weighted by molar-refractivity contribution is -0.385. The van der Waals surface area contributed by atoms with E-state index in [0.717, 1.165) is 10.7 Å². The van der Waals surface area contributed by atoms with Gasteiger partial charge in [0.2, 0.25) is 11.6 Å². The van der Waals surface area contributed by atoms with E-state index in [0.29, 0.717) is 43.2 Å². The summed E-state index contributed by atoms with van der Waals surface area (Å²) in [5.41, 5.74) is 0.707. The summed E-state index contributed by atoms with van der Waals surface area (Å²) < 4.78 is 18.5. The van der Waals surface area contributed by atoms with Gasteiger partial charge in [-0.15, -0.1) is 0 Å². The minimum Gasteiger partial charge on any atom is -0.496 e. The van der Waals surface area contributed by atoms with Gasteiger partial charge in [-0.3, -0.25) is 14.9 Å². The highest BCUT2D eigenvalue weighted by Gasteiger charge is 2.22. The van der Waals surface area contributed by atoms with Gasteiger partial charge >= 0.3 is 5.69 Å². The fourth-order valence-electron chi connectivity index (χ4n) is 4.61. The molecule has 2 aromatic heterocycles. The molecule has 0 fully saturated rings. The minimum absolute atomic E-state index is 0.0589. The van der Waals surface area contributed by atoms with Gasteiger partial charge < -0.3 is 13.9 Å². The molecule has 0 saturated heterocycles. The number of hydrogen-bond donors (Lipinski definition) is 0. The van der Waals surface area contributed by atoms with E-state index in [-0.39, 0.29) is 34.5 Å². The van der Waals surface area contributed by atoms with Crippen LogP contribution in [0.15, 0.2) is 93.2 Å². The quantitative estimate of drug-likeness (QED) is 0.0926. The number of para-hydroxylation sites is 1. The first kappa shape index (κ1) is 29.2. The largest absolute Gasteiger partial charge is 0.496 e. The summed E-state index contributed by atoms with van der Waals surface area (Å²) in [7, 11) is 1.54. The molecule has 0 aliphatic rings. The van der Waals surface area contributed by atoms with Crippen molar-refractivity contribution in [1.29, 1.82) is 0 Å². The summed E-state index contributed by atoms with van der Waals surface area (Å²) in [4.78, 5) is 29.8. The molecule has 0 atom stereocenters. The Labute approximate surface area is 263 Å². The maximum atomic E-state index is 13.7. The molecule has 0 radical (unpaired) electrons. The third kappa shape index (κ3) is 5.58. The first-order valence-corrected chi connectivity index (χ1v) is 14.0. The second kappa shape index (κ2) is 12.0. The molecule has 220 valence electrons. The van der Waals surface area contributed by atoms with Crippen molar-refractivity contribution in [3.8, 4) is 23.1 Å². The second-order valence-electron chi connectivity index (χ2n) is 9.42. The van der Waals surface area contributed by atoms with E-state index in [1.54, 1.807) is 67.8 Å². The summed E-state index contributed by atoms with van der Waals surface area (Å²) in [5.74, 6) is 0.779. The maximum Gasteiger partial charge on any atom is 0.313 e. The number of hydrogen-bond acceptors (Lipinski definition) is 8. The third-order valence-electron chi connectivity index (χ3n) is 6.67. The van der Waals surface area contributed by atoms with Crippen LogP contribution in [-0.2, 0) is 6.61 Å². The van der Waals surface area contributed by atoms with Crippen molar-refractivity contribution >= 4 is 68.6 Å². The van der Waals surface area contributed by atoms with Crippen molar-refractivity contribution in [1.82, 2.24) is 9.66 Å². The molecule has 10 nitrogen and oxygen atoms in total. The summed E-state index contributed by atoms with van der Waals surface area (Å²) >= 11 is 18.5. The molecule has 0 aliphatic heterocycles. The zero-order valence-electron chi connectivity index (χ0n) is 22.7. The summed E-state index contributed by atoms with van der Waals surface area (Å²) in [6, 6.07) is 21.2. The van der Waals surface area contributed by atoms with Crippen LogP contribution >= 0.6 is 34.8 Å². The second-order valence-corrected chi connectivity index (χ2v) is 10.7. The number of nitrogens with zero attached hydrogens (tertiary/aromatic N) is 4. The van der Waals surface area contributed by atoms with Crippen LogP contribution in [0.5, 0.6) is 11.5 Å². The molecule has 0 unspecified atom stereocenters. The number of halogens is 3. The molecule has 13 heteroatoms. The van der Waals surface area contributed by atoms with Gasteiger partial charge in [-0.1, -0.05) is 59.1 Å². The lowest BCUT2D eigenvalue weighted by atomic mass is 10.1. The van der Waals surface area contributed by atoms with E-state index < -0.39 is 16.2 Å². The van der Waals surface area contributed by atoms with Crippen molar-refractivity contribution in [2.75, 3.05) is 7.11 Å². The zero-order chi connectivity index (χ0) is 31.0. The van der Waals surface area contributed by atoms with Gasteiger partial charge in [0, 0.05) is 32.3 Å². The Bertz CT molecular complexity index is 2180. The molecule has 4 aromatic carbocycles. The van der Waals surface area contributed by atoms with Crippen LogP contribution in [0.3, 0.4) is 0 Å². The van der Waals surface area contributed by atoms with Gasteiger partial charge in [-0.05, 0) is 48.5 Å². The molecular weight excluding hydrogens is 631 g/mol. The number of furan rings is 1. The monoisotopic (exact) mass is 648 g/mol. The number of methoxy groups -OCH3 is 1. The van der Waals surface area contributed by atoms with Crippen LogP contribution < -0.4 is 15.0 Å². The van der Waals surface area contributed by atoms with Gasteiger partial charge in [0.25, 0.3) is 5.56 Å². The lowest BCUT2D eigenvalue weighted by Crippen LogP contribution is -2.20. The number of nitro groups is 1. The average molecular weight is 650 g/mol. The Kier molecular flexibility index (Phi) is 7.96. The van der Waals surface area contributed by atoms with Gasteiger partial charge in [0.1, 0.15) is 17.9 Å². The molecule has 0 N–H and O–H groups in total.